The highest BCUT2D eigenvalue weighted by molar-refractivity contribution is 6.19. The van der Waals surface area contributed by atoms with Crippen LogP contribution >= 0.6 is 0 Å². The van der Waals surface area contributed by atoms with Gasteiger partial charge >= 0.3 is 6.03 Å². The quantitative estimate of drug-likeness (QED) is 0.575. The predicted molar refractivity (Wildman–Crippen MR) is 144 cm³/mol. The molecule has 9 heteroatoms. The van der Waals surface area contributed by atoms with E-state index in [1.165, 1.54) is 4.90 Å². The van der Waals surface area contributed by atoms with Crippen molar-refractivity contribution in [2.45, 2.75) is 63.5 Å². The first kappa shape index (κ1) is 25.8. The van der Waals surface area contributed by atoms with Crippen molar-refractivity contribution in [3.63, 3.8) is 0 Å². The third-order valence-electron chi connectivity index (χ3n) is 9.16. The summed E-state index contributed by atoms with van der Waals surface area (Å²) in [5, 5.41) is 2.58. The van der Waals surface area contributed by atoms with E-state index in [4.69, 9.17) is 4.74 Å². The standard InChI is InChI=1S/C30H36N4O5/c1-39-24-12-10-20(11-13-24)15-30(27(36)31-29(38)34(28(30)37)23-6-3-2-4-7-23)19-32-16-21-14-22(18-32)25-8-5-9-26(35)33(25)17-21/h5,8-13,21-23H,2-4,6-7,14-19H2,1H3,(H,31,36,38)/t21-,22-,30+/m1/s1. The number of hydrogen-bond donors (Lipinski definition) is 1. The molecule has 0 radical (unpaired) electrons. The van der Waals surface area contributed by atoms with Crippen molar-refractivity contribution in [2.24, 2.45) is 11.3 Å². The zero-order valence-corrected chi connectivity index (χ0v) is 22.4. The Morgan fingerprint density at radius 2 is 1.72 bits per heavy atom. The molecule has 1 saturated carbocycles. The average Bonchev–Trinajstić information content (AvgIpc) is 2.93. The van der Waals surface area contributed by atoms with Crippen LogP contribution in [0, 0.1) is 11.3 Å². The number of carbonyl (C=O) groups excluding carboxylic acids is 3. The number of fused-ring (bicyclic) bond motifs is 4. The Bertz CT molecular complexity index is 1330. The minimum Gasteiger partial charge on any atom is -0.497 e. The van der Waals surface area contributed by atoms with Crippen molar-refractivity contribution < 1.29 is 19.1 Å². The lowest BCUT2D eigenvalue weighted by atomic mass is 9.75. The number of urea groups is 1. The minimum absolute atomic E-state index is 0.0232. The van der Waals surface area contributed by atoms with Crippen LogP contribution in [0.25, 0.3) is 0 Å². The van der Waals surface area contributed by atoms with Gasteiger partial charge in [-0.05, 0) is 55.4 Å². The molecular formula is C30H36N4O5. The predicted octanol–water partition coefficient (Wildman–Crippen LogP) is 2.92. The minimum atomic E-state index is -1.43. The van der Waals surface area contributed by atoms with Gasteiger partial charge in [-0.1, -0.05) is 37.5 Å². The van der Waals surface area contributed by atoms with E-state index in [1.54, 1.807) is 13.2 Å². The van der Waals surface area contributed by atoms with Gasteiger partial charge in [0.1, 0.15) is 11.2 Å². The van der Waals surface area contributed by atoms with Crippen LogP contribution in [-0.4, -0.2) is 65.0 Å². The Balaban J connectivity index is 1.34. The van der Waals surface area contributed by atoms with Crippen molar-refractivity contribution in [3.05, 3.63) is 64.1 Å². The van der Waals surface area contributed by atoms with Gasteiger partial charge in [0.05, 0.1) is 7.11 Å². The van der Waals surface area contributed by atoms with E-state index in [1.807, 2.05) is 41.0 Å². The molecule has 0 spiro atoms. The molecule has 3 aliphatic heterocycles. The third kappa shape index (κ3) is 4.67. The second-order valence-electron chi connectivity index (χ2n) is 11.7. The van der Waals surface area contributed by atoms with E-state index in [2.05, 4.69) is 10.2 Å². The van der Waals surface area contributed by atoms with E-state index in [0.717, 1.165) is 49.8 Å². The first-order valence-electron chi connectivity index (χ1n) is 14.1. The van der Waals surface area contributed by atoms with E-state index in [-0.39, 0.29) is 42.3 Å². The summed E-state index contributed by atoms with van der Waals surface area (Å²) in [5.74, 6) is 0.206. The molecular weight excluding hydrogens is 496 g/mol. The van der Waals surface area contributed by atoms with Gasteiger partial charge in [0.2, 0.25) is 11.8 Å². The second-order valence-corrected chi connectivity index (χ2v) is 11.7. The summed E-state index contributed by atoms with van der Waals surface area (Å²) in [7, 11) is 1.60. The first-order valence-corrected chi connectivity index (χ1v) is 14.1. The molecule has 1 aliphatic carbocycles. The molecule has 4 heterocycles. The Hall–Kier alpha value is -3.46. The number of ether oxygens (including phenoxy) is 1. The highest BCUT2D eigenvalue weighted by Crippen LogP contribution is 2.39. The summed E-state index contributed by atoms with van der Waals surface area (Å²) < 4.78 is 7.19. The lowest BCUT2D eigenvalue weighted by molar-refractivity contribution is -0.155. The molecule has 9 nitrogen and oxygen atoms in total. The van der Waals surface area contributed by atoms with Crippen molar-refractivity contribution >= 4 is 17.8 Å². The summed E-state index contributed by atoms with van der Waals surface area (Å²) in [4.78, 5) is 57.3. The van der Waals surface area contributed by atoms with Crippen molar-refractivity contribution in [1.82, 2.24) is 19.7 Å². The number of piperidine rings is 1. The smallest absolute Gasteiger partial charge is 0.331 e. The van der Waals surface area contributed by atoms with Crippen molar-refractivity contribution in [2.75, 3.05) is 26.7 Å². The number of pyridine rings is 1. The van der Waals surface area contributed by atoms with Crippen molar-refractivity contribution in [3.8, 4) is 5.75 Å². The van der Waals surface area contributed by atoms with Crippen LogP contribution in [0.5, 0.6) is 5.75 Å². The number of aromatic nitrogens is 1. The maximum atomic E-state index is 14.4. The normalized spacial score (nSPS) is 27.7. The molecule has 1 N–H and O–H groups in total. The maximum absolute atomic E-state index is 14.4. The highest BCUT2D eigenvalue weighted by Gasteiger charge is 2.56. The Morgan fingerprint density at radius 3 is 2.46 bits per heavy atom. The Morgan fingerprint density at radius 1 is 0.949 bits per heavy atom. The fourth-order valence-electron chi connectivity index (χ4n) is 7.32. The molecule has 1 aromatic heterocycles. The molecule has 206 valence electrons. The molecule has 3 atom stereocenters. The monoisotopic (exact) mass is 532 g/mol. The lowest BCUT2D eigenvalue weighted by Crippen LogP contribution is -2.69. The largest absolute Gasteiger partial charge is 0.497 e. The van der Waals surface area contributed by atoms with Gasteiger partial charge in [0.15, 0.2) is 0 Å². The van der Waals surface area contributed by atoms with Gasteiger partial charge < -0.3 is 14.2 Å². The van der Waals surface area contributed by atoms with E-state index in [9.17, 15) is 19.2 Å². The van der Waals surface area contributed by atoms with Crippen LogP contribution in [0.1, 0.15) is 55.7 Å². The number of barbiturate groups is 1. The number of likely N-dealkylation sites (tertiary alicyclic amines) is 1. The number of benzene rings is 1. The fourth-order valence-corrected chi connectivity index (χ4v) is 7.32. The molecule has 2 aromatic rings. The van der Waals surface area contributed by atoms with Gasteiger partial charge in [0, 0.05) is 49.9 Å². The number of hydrogen-bond acceptors (Lipinski definition) is 6. The number of imide groups is 2. The lowest BCUT2D eigenvalue weighted by Gasteiger charge is -2.48. The van der Waals surface area contributed by atoms with E-state index < -0.39 is 17.4 Å². The van der Waals surface area contributed by atoms with Gasteiger partial charge in [-0.25, -0.2) is 4.79 Å². The highest BCUT2D eigenvalue weighted by atomic mass is 16.5. The van der Waals surface area contributed by atoms with Gasteiger partial charge in [-0.2, -0.15) is 0 Å². The topological polar surface area (TPSA) is 101 Å². The summed E-state index contributed by atoms with van der Waals surface area (Å²) >= 11 is 0. The van der Waals surface area contributed by atoms with Crippen LogP contribution in [0.2, 0.25) is 0 Å². The van der Waals surface area contributed by atoms with Gasteiger partial charge in [-0.3, -0.25) is 24.6 Å². The molecule has 1 aromatic carbocycles. The number of nitrogens with zero attached hydrogens (tertiary/aromatic N) is 3. The Labute approximate surface area is 228 Å². The number of nitrogens with one attached hydrogen (secondary N) is 1. The summed E-state index contributed by atoms with van der Waals surface area (Å²) in [6, 6.07) is 12.1. The summed E-state index contributed by atoms with van der Waals surface area (Å²) in [6.45, 7) is 2.21. The molecule has 2 bridgehead atoms. The van der Waals surface area contributed by atoms with Crippen LogP contribution in [0.4, 0.5) is 4.79 Å². The van der Waals surface area contributed by atoms with Crippen LogP contribution < -0.4 is 15.6 Å². The molecule has 6 rings (SSSR count). The Kier molecular flexibility index (Phi) is 6.79. The molecule has 0 unspecified atom stereocenters. The fraction of sp³-hybridized carbons (Fsp3) is 0.533. The number of carbonyl (C=O) groups is 3. The number of rotatable bonds is 6. The van der Waals surface area contributed by atoms with Crippen LogP contribution in [0.15, 0.2) is 47.3 Å². The summed E-state index contributed by atoms with van der Waals surface area (Å²) in [5.41, 5.74) is 0.453. The number of amides is 4. The molecule has 3 fully saturated rings. The van der Waals surface area contributed by atoms with Gasteiger partial charge in [0.25, 0.3) is 5.56 Å². The zero-order valence-electron chi connectivity index (χ0n) is 22.4. The zero-order chi connectivity index (χ0) is 27.1. The first-order chi connectivity index (χ1) is 18.9. The van der Waals surface area contributed by atoms with Crippen molar-refractivity contribution in [1.29, 1.82) is 0 Å². The average molecular weight is 533 g/mol. The SMILES string of the molecule is COc1ccc(C[C@]2(CN3C[C@H]4C[C@H](C3)c3cccc(=O)n3C4)C(=O)NC(=O)N(C3CCCCC3)C2=O)cc1. The maximum Gasteiger partial charge on any atom is 0.331 e. The second kappa shape index (κ2) is 10.3. The number of methoxy groups -OCH3 is 1. The molecule has 2 saturated heterocycles. The molecule has 4 aliphatic rings. The van der Waals surface area contributed by atoms with E-state index >= 15 is 0 Å². The van der Waals surface area contributed by atoms with Crippen LogP contribution in [0.3, 0.4) is 0 Å². The molecule has 39 heavy (non-hydrogen) atoms. The summed E-state index contributed by atoms with van der Waals surface area (Å²) in [6.07, 6.45) is 5.75. The van der Waals surface area contributed by atoms with E-state index in [0.29, 0.717) is 25.4 Å². The van der Waals surface area contributed by atoms with Crippen LogP contribution in [-0.2, 0) is 22.6 Å². The molecule has 4 amide bonds. The van der Waals surface area contributed by atoms with Gasteiger partial charge in [-0.15, -0.1) is 0 Å². The third-order valence-corrected chi connectivity index (χ3v) is 9.16.